The molecule has 2 fully saturated rings. The van der Waals surface area contributed by atoms with Gasteiger partial charge in [-0.2, -0.15) is 22.0 Å². The fourth-order valence-electron chi connectivity index (χ4n) is 3.54. The molecule has 2 atom stereocenters. The molecule has 2 aliphatic heterocycles. The number of hydrogen-bond donors (Lipinski definition) is 0. The van der Waals surface area contributed by atoms with Gasteiger partial charge in [-0.3, -0.25) is 0 Å². The summed E-state index contributed by atoms with van der Waals surface area (Å²) >= 11 is 0. The molecule has 1 aromatic carbocycles. The highest BCUT2D eigenvalue weighted by atomic mass is 32.2. The van der Waals surface area contributed by atoms with E-state index in [0.29, 0.717) is 45.2 Å². The predicted octanol–water partition coefficient (Wildman–Crippen LogP) is 0.830. The zero-order chi connectivity index (χ0) is 17.3. The van der Waals surface area contributed by atoms with Crippen LogP contribution in [0.4, 0.5) is 0 Å². The Kier molecular flexibility index (Phi) is 4.55. The van der Waals surface area contributed by atoms with Crippen molar-refractivity contribution in [3.8, 4) is 0 Å². The molecule has 2 aliphatic rings. The van der Waals surface area contributed by atoms with Crippen LogP contribution in [0.25, 0.3) is 0 Å². The van der Waals surface area contributed by atoms with E-state index in [4.69, 9.17) is 9.26 Å². The minimum Gasteiger partial charge on any atom is -0.379 e. The highest BCUT2D eigenvalue weighted by molar-refractivity contribution is 7.86. The Bertz CT molecular complexity index is 791. The Labute approximate surface area is 146 Å². The summed E-state index contributed by atoms with van der Waals surface area (Å²) in [7, 11) is -3.53. The van der Waals surface area contributed by atoms with Crippen LogP contribution >= 0.6 is 0 Å². The van der Waals surface area contributed by atoms with Crippen molar-refractivity contribution in [1.82, 2.24) is 18.8 Å². The number of nitrogens with zero attached hydrogens (tertiary/aromatic N) is 4. The minimum atomic E-state index is -3.53. The second-order valence-electron chi connectivity index (χ2n) is 6.25. The van der Waals surface area contributed by atoms with E-state index in [9.17, 15) is 8.42 Å². The highest BCUT2D eigenvalue weighted by Gasteiger charge is 2.44. The lowest BCUT2D eigenvalue weighted by molar-refractivity contribution is 0.0705. The summed E-state index contributed by atoms with van der Waals surface area (Å²) in [4.78, 5) is 4.17. The van der Waals surface area contributed by atoms with Gasteiger partial charge < -0.3 is 9.26 Å². The van der Waals surface area contributed by atoms with E-state index in [-0.39, 0.29) is 11.8 Å². The normalized spacial score (nSPS) is 26.1. The van der Waals surface area contributed by atoms with Crippen LogP contribution < -0.4 is 0 Å². The van der Waals surface area contributed by atoms with Gasteiger partial charge in [-0.05, 0) is 5.56 Å². The molecule has 1 aromatic heterocycles. The Balaban J connectivity index is 1.63. The zero-order valence-corrected chi connectivity index (χ0v) is 14.5. The second kappa shape index (κ2) is 6.83. The van der Waals surface area contributed by atoms with Crippen LogP contribution in [0.3, 0.4) is 0 Å². The lowest BCUT2D eigenvalue weighted by Crippen LogP contribution is -2.47. The summed E-state index contributed by atoms with van der Waals surface area (Å²) in [5.41, 5.74) is 1.08. The van der Waals surface area contributed by atoms with Crippen LogP contribution in [0.15, 0.2) is 41.2 Å². The van der Waals surface area contributed by atoms with Crippen LogP contribution in [0.2, 0.25) is 0 Å². The Morgan fingerprint density at radius 1 is 1.00 bits per heavy atom. The molecule has 0 radical (unpaired) electrons. The van der Waals surface area contributed by atoms with E-state index in [1.165, 1.54) is 15.0 Å². The largest absolute Gasteiger partial charge is 0.379 e. The predicted molar refractivity (Wildman–Crippen MR) is 89.1 cm³/mol. The van der Waals surface area contributed by atoms with E-state index in [1.807, 2.05) is 30.3 Å². The maximum Gasteiger partial charge on any atom is 0.282 e. The summed E-state index contributed by atoms with van der Waals surface area (Å²) in [5.74, 6) is 0.417. The average molecular weight is 364 g/mol. The summed E-state index contributed by atoms with van der Waals surface area (Å²) in [6.07, 6.45) is 1.29. The van der Waals surface area contributed by atoms with Gasteiger partial charge in [-0.25, -0.2) is 0 Å². The Morgan fingerprint density at radius 3 is 2.40 bits per heavy atom. The highest BCUT2D eigenvalue weighted by Crippen LogP contribution is 2.39. The van der Waals surface area contributed by atoms with Crippen molar-refractivity contribution in [3.05, 3.63) is 48.1 Å². The summed E-state index contributed by atoms with van der Waals surface area (Å²) in [5, 5.41) is 3.96. The SMILES string of the molecule is O=S(=O)(N1CCOCC1)N1C[C@@H](c2ccccc2)[C@H](c2ncon2)C1. The van der Waals surface area contributed by atoms with Crippen molar-refractivity contribution < 1.29 is 17.7 Å². The smallest absolute Gasteiger partial charge is 0.282 e. The lowest BCUT2D eigenvalue weighted by atomic mass is 9.88. The monoisotopic (exact) mass is 364 g/mol. The van der Waals surface area contributed by atoms with Gasteiger partial charge in [0.2, 0.25) is 6.39 Å². The number of benzene rings is 1. The van der Waals surface area contributed by atoms with Crippen molar-refractivity contribution in [3.63, 3.8) is 0 Å². The molecule has 0 aliphatic carbocycles. The van der Waals surface area contributed by atoms with Gasteiger partial charge in [-0.1, -0.05) is 35.5 Å². The van der Waals surface area contributed by atoms with E-state index in [1.54, 1.807) is 0 Å². The molecular formula is C16H20N4O4S. The molecule has 0 spiro atoms. The average Bonchev–Trinajstić information content (AvgIpc) is 3.33. The number of rotatable bonds is 4. The van der Waals surface area contributed by atoms with Gasteiger partial charge in [-0.15, -0.1) is 0 Å². The van der Waals surface area contributed by atoms with Crippen molar-refractivity contribution in [2.45, 2.75) is 11.8 Å². The third-order valence-electron chi connectivity index (χ3n) is 4.85. The van der Waals surface area contributed by atoms with Crippen LogP contribution in [0.1, 0.15) is 23.2 Å². The van der Waals surface area contributed by atoms with Gasteiger partial charge in [0.25, 0.3) is 10.2 Å². The molecule has 3 heterocycles. The van der Waals surface area contributed by atoms with Crippen molar-refractivity contribution in [2.75, 3.05) is 39.4 Å². The van der Waals surface area contributed by atoms with E-state index < -0.39 is 10.2 Å². The first kappa shape index (κ1) is 16.6. The van der Waals surface area contributed by atoms with Gasteiger partial charge in [0, 0.05) is 38.0 Å². The third-order valence-corrected chi connectivity index (χ3v) is 6.82. The van der Waals surface area contributed by atoms with E-state index in [2.05, 4.69) is 10.1 Å². The standard InChI is InChI=1S/C16H20N4O4S/c21-25(22,19-6-8-23-9-7-19)20-10-14(13-4-2-1-3-5-13)15(11-20)16-17-12-24-18-16/h1-5,12,14-15H,6-11H2/t14-,15+/m0/s1. The number of morpholine rings is 1. The molecule has 2 saturated heterocycles. The quantitative estimate of drug-likeness (QED) is 0.798. The summed E-state index contributed by atoms with van der Waals surface area (Å²) in [6.45, 7) is 2.40. The van der Waals surface area contributed by atoms with Gasteiger partial charge >= 0.3 is 0 Å². The molecule has 4 rings (SSSR count). The molecule has 0 unspecified atom stereocenters. The first-order valence-electron chi connectivity index (χ1n) is 8.30. The molecular weight excluding hydrogens is 344 g/mol. The Hall–Kier alpha value is -1.81. The van der Waals surface area contributed by atoms with Crippen molar-refractivity contribution in [2.24, 2.45) is 0 Å². The lowest BCUT2D eigenvalue weighted by Gasteiger charge is -2.30. The van der Waals surface area contributed by atoms with E-state index >= 15 is 0 Å². The molecule has 0 saturated carbocycles. The zero-order valence-electron chi connectivity index (χ0n) is 13.7. The summed E-state index contributed by atoms with van der Waals surface area (Å²) < 4.78 is 39.2. The van der Waals surface area contributed by atoms with Crippen LogP contribution in [0.5, 0.6) is 0 Å². The maximum atomic E-state index is 13.0. The second-order valence-corrected chi connectivity index (χ2v) is 8.18. The van der Waals surface area contributed by atoms with Crippen LogP contribution in [-0.4, -0.2) is 66.6 Å². The topological polar surface area (TPSA) is 88.8 Å². The molecule has 8 nitrogen and oxygen atoms in total. The molecule has 9 heteroatoms. The molecule has 2 aromatic rings. The number of ether oxygens (including phenoxy) is 1. The number of aromatic nitrogens is 2. The van der Waals surface area contributed by atoms with Gasteiger partial charge in [0.15, 0.2) is 5.82 Å². The first-order valence-corrected chi connectivity index (χ1v) is 9.70. The fraction of sp³-hybridized carbons (Fsp3) is 0.500. The summed E-state index contributed by atoms with van der Waals surface area (Å²) in [6, 6.07) is 9.90. The molecule has 134 valence electrons. The van der Waals surface area contributed by atoms with Crippen LogP contribution in [-0.2, 0) is 14.9 Å². The molecule has 25 heavy (non-hydrogen) atoms. The van der Waals surface area contributed by atoms with Gasteiger partial charge in [0.05, 0.1) is 13.2 Å². The maximum absolute atomic E-state index is 13.0. The molecule has 0 amide bonds. The fourth-order valence-corrected chi connectivity index (χ4v) is 5.17. The molecule has 0 bridgehead atoms. The molecule has 0 N–H and O–H groups in total. The Morgan fingerprint density at radius 2 is 1.72 bits per heavy atom. The third kappa shape index (κ3) is 3.20. The van der Waals surface area contributed by atoms with Crippen molar-refractivity contribution in [1.29, 1.82) is 0 Å². The first-order chi connectivity index (χ1) is 12.2. The van der Waals surface area contributed by atoms with E-state index in [0.717, 1.165) is 5.56 Å². The van der Waals surface area contributed by atoms with Gasteiger partial charge in [0.1, 0.15) is 0 Å². The number of hydrogen-bond acceptors (Lipinski definition) is 6. The minimum absolute atomic E-state index is 0.00499. The van der Waals surface area contributed by atoms with Crippen LogP contribution in [0, 0.1) is 0 Å². The van der Waals surface area contributed by atoms with Crippen molar-refractivity contribution >= 4 is 10.2 Å².